The summed E-state index contributed by atoms with van der Waals surface area (Å²) in [4.78, 5) is 15.0. The molecule has 272 valence electrons. The molecule has 2 aromatic heterocycles. The van der Waals surface area contributed by atoms with Crippen LogP contribution in [0.15, 0.2) is 158 Å². The van der Waals surface area contributed by atoms with Crippen molar-refractivity contribution in [2.45, 2.75) is 26.9 Å². The molecule has 4 nitrogen and oxygen atoms in total. The highest BCUT2D eigenvalue weighted by molar-refractivity contribution is 6.11. The Balaban J connectivity index is 1.38. The molecule has 0 saturated carbocycles. The molecular weight excluding hydrogens is 702 g/mol. The Hall–Kier alpha value is -6.86. The molecule has 9 rings (SSSR count). The normalized spacial score (nSPS) is 11.8. The van der Waals surface area contributed by atoms with Gasteiger partial charge in [0.25, 0.3) is 0 Å². The van der Waals surface area contributed by atoms with Gasteiger partial charge in [-0.1, -0.05) is 133 Å². The van der Waals surface area contributed by atoms with Crippen LogP contribution >= 0.6 is 0 Å². The van der Waals surface area contributed by atoms with Crippen LogP contribution in [0.5, 0.6) is 0 Å². The Morgan fingerprint density at radius 2 is 1.00 bits per heavy atom. The summed E-state index contributed by atoms with van der Waals surface area (Å²) in [5, 5.41) is 2.04. The van der Waals surface area contributed by atoms with Gasteiger partial charge in [-0.3, -0.25) is 0 Å². The number of aromatic nitrogens is 4. The lowest BCUT2D eigenvalue weighted by Crippen LogP contribution is -2.07. The van der Waals surface area contributed by atoms with Crippen molar-refractivity contribution in [2.24, 2.45) is 0 Å². The van der Waals surface area contributed by atoms with E-state index >= 15 is 0 Å². The van der Waals surface area contributed by atoms with E-state index < -0.39 is 11.7 Å². The summed E-state index contributed by atoms with van der Waals surface area (Å²) in [5.74, 6) is 1.37. The molecule has 0 bridgehead atoms. The van der Waals surface area contributed by atoms with Gasteiger partial charge in [-0.15, -0.1) is 0 Å². The zero-order valence-corrected chi connectivity index (χ0v) is 30.9. The molecule has 7 heteroatoms. The van der Waals surface area contributed by atoms with Crippen molar-refractivity contribution >= 4 is 21.8 Å². The third-order valence-corrected chi connectivity index (χ3v) is 10.4. The molecule has 0 aliphatic heterocycles. The van der Waals surface area contributed by atoms with Crippen LogP contribution in [-0.4, -0.2) is 19.5 Å². The largest absolute Gasteiger partial charge is 0.417 e. The topological polar surface area (TPSA) is 43.6 Å². The minimum atomic E-state index is -4.55. The van der Waals surface area contributed by atoms with Crippen molar-refractivity contribution in [3.8, 4) is 62.1 Å². The standard InChI is InChI=1S/C49H35F3N4/c1-30-26-31(2)45(32(3)27-30)36-23-24-39-38-19-11-13-21-42(38)56(43(39)29-36)44-28-35(37-18-10-12-20-41(37)49(50,51)52)22-25-40(44)48-54-46(33-14-6-4-7-15-33)53-47(55-48)34-16-8-5-9-17-34/h4-29H,1-3H3. The van der Waals surface area contributed by atoms with Gasteiger partial charge in [0.15, 0.2) is 17.5 Å². The van der Waals surface area contributed by atoms with E-state index in [1.54, 1.807) is 12.1 Å². The summed E-state index contributed by atoms with van der Waals surface area (Å²) in [6.45, 7) is 6.36. The first-order chi connectivity index (χ1) is 27.1. The van der Waals surface area contributed by atoms with Gasteiger partial charge < -0.3 is 4.57 Å². The minimum Gasteiger partial charge on any atom is -0.308 e. The van der Waals surface area contributed by atoms with Crippen molar-refractivity contribution in [3.63, 3.8) is 0 Å². The number of fused-ring (bicyclic) bond motifs is 3. The van der Waals surface area contributed by atoms with Crippen LogP contribution in [0.25, 0.3) is 83.9 Å². The van der Waals surface area contributed by atoms with Crippen molar-refractivity contribution in [1.82, 2.24) is 19.5 Å². The van der Waals surface area contributed by atoms with E-state index in [0.29, 0.717) is 34.3 Å². The fraction of sp³-hybridized carbons (Fsp3) is 0.0816. The summed E-state index contributed by atoms with van der Waals surface area (Å²) in [5.41, 5.74) is 10.3. The molecule has 0 aliphatic rings. The predicted octanol–water partition coefficient (Wildman–Crippen LogP) is 13.2. The highest BCUT2D eigenvalue weighted by Gasteiger charge is 2.33. The highest BCUT2D eigenvalue weighted by Crippen LogP contribution is 2.42. The van der Waals surface area contributed by atoms with Gasteiger partial charge in [0.1, 0.15) is 0 Å². The number of para-hydroxylation sites is 1. The van der Waals surface area contributed by atoms with Crippen LogP contribution in [-0.2, 0) is 6.18 Å². The number of hydrogen-bond donors (Lipinski definition) is 0. The molecule has 7 aromatic carbocycles. The first-order valence-electron chi connectivity index (χ1n) is 18.4. The smallest absolute Gasteiger partial charge is 0.308 e. The maximum atomic E-state index is 14.5. The molecule has 0 unspecified atom stereocenters. The van der Waals surface area contributed by atoms with Crippen molar-refractivity contribution in [1.29, 1.82) is 0 Å². The van der Waals surface area contributed by atoms with Crippen LogP contribution in [0, 0.1) is 20.8 Å². The van der Waals surface area contributed by atoms with E-state index in [2.05, 4.69) is 67.8 Å². The van der Waals surface area contributed by atoms with Gasteiger partial charge in [-0.2, -0.15) is 13.2 Å². The van der Waals surface area contributed by atoms with Crippen LogP contribution < -0.4 is 0 Å². The van der Waals surface area contributed by atoms with Gasteiger partial charge in [0, 0.05) is 27.5 Å². The van der Waals surface area contributed by atoms with Gasteiger partial charge in [-0.05, 0) is 84.5 Å². The maximum Gasteiger partial charge on any atom is 0.417 e. The molecule has 0 atom stereocenters. The number of rotatable bonds is 6. The van der Waals surface area contributed by atoms with Crippen LogP contribution in [0.1, 0.15) is 22.3 Å². The van der Waals surface area contributed by atoms with E-state index in [4.69, 9.17) is 15.0 Å². The van der Waals surface area contributed by atoms with Gasteiger partial charge >= 0.3 is 6.18 Å². The number of benzene rings is 7. The predicted molar refractivity (Wildman–Crippen MR) is 221 cm³/mol. The van der Waals surface area contributed by atoms with Gasteiger partial charge in [-0.25, -0.2) is 15.0 Å². The molecule has 0 aliphatic carbocycles. The van der Waals surface area contributed by atoms with Crippen molar-refractivity contribution in [3.05, 3.63) is 180 Å². The molecule has 2 heterocycles. The summed E-state index contributed by atoms with van der Waals surface area (Å²) in [6, 6.07) is 49.6. The van der Waals surface area contributed by atoms with Crippen molar-refractivity contribution < 1.29 is 13.2 Å². The Bertz CT molecular complexity index is 2850. The van der Waals surface area contributed by atoms with E-state index in [-0.39, 0.29) is 5.56 Å². The number of alkyl halides is 3. The van der Waals surface area contributed by atoms with E-state index in [0.717, 1.165) is 50.1 Å². The first kappa shape index (κ1) is 34.9. The molecule has 0 saturated heterocycles. The quantitative estimate of drug-likeness (QED) is 0.171. The molecule has 56 heavy (non-hydrogen) atoms. The second kappa shape index (κ2) is 13.8. The summed E-state index contributed by atoms with van der Waals surface area (Å²) in [6.07, 6.45) is -4.55. The third-order valence-electron chi connectivity index (χ3n) is 10.4. The molecule has 9 aromatic rings. The fourth-order valence-corrected chi connectivity index (χ4v) is 8.01. The molecular formula is C49H35F3N4. The Labute approximate surface area is 322 Å². The Kier molecular flexibility index (Phi) is 8.58. The number of aryl methyl sites for hydroxylation is 3. The molecule has 0 fully saturated rings. The molecule has 0 spiro atoms. The van der Waals surface area contributed by atoms with Crippen molar-refractivity contribution in [2.75, 3.05) is 0 Å². The Morgan fingerprint density at radius 3 is 1.66 bits per heavy atom. The first-order valence-corrected chi connectivity index (χ1v) is 18.4. The average molecular weight is 737 g/mol. The lowest BCUT2D eigenvalue weighted by Gasteiger charge is -2.18. The fourth-order valence-electron chi connectivity index (χ4n) is 8.01. The summed E-state index contributed by atoms with van der Waals surface area (Å²) >= 11 is 0. The second-order valence-corrected chi connectivity index (χ2v) is 14.2. The lowest BCUT2D eigenvalue weighted by molar-refractivity contribution is -0.137. The second-order valence-electron chi connectivity index (χ2n) is 14.2. The number of hydrogen-bond acceptors (Lipinski definition) is 3. The number of halogens is 3. The van der Waals surface area contributed by atoms with Crippen LogP contribution in [0.2, 0.25) is 0 Å². The Morgan fingerprint density at radius 1 is 0.446 bits per heavy atom. The molecule has 0 amide bonds. The summed E-state index contributed by atoms with van der Waals surface area (Å²) in [7, 11) is 0. The zero-order chi connectivity index (χ0) is 38.6. The lowest BCUT2D eigenvalue weighted by atomic mass is 9.93. The maximum absolute atomic E-state index is 14.5. The van der Waals surface area contributed by atoms with E-state index in [1.165, 1.54) is 28.8 Å². The molecule has 0 N–H and O–H groups in total. The minimum absolute atomic E-state index is 0.0887. The third kappa shape index (κ3) is 6.21. The average Bonchev–Trinajstić information content (AvgIpc) is 3.54. The van der Waals surface area contributed by atoms with Crippen LogP contribution in [0.4, 0.5) is 13.2 Å². The summed E-state index contributed by atoms with van der Waals surface area (Å²) < 4.78 is 45.8. The van der Waals surface area contributed by atoms with Crippen LogP contribution in [0.3, 0.4) is 0 Å². The highest BCUT2D eigenvalue weighted by atomic mass is 19.4. The van der Waals surface area contributed by atoms with E-state index in [1.807, 2.05) is 84.9 Å². The van der Waals surface area contributed by atoms with Gasteiger partial charge in [0.2, 0.25) is 0 Å². The SMILES string of the molecule is Cc1cc(C)c(-c2ccc3c4ccccc4n(-c4cc(-c5ccccc5C(F)(F)F)ccc4-c4nc(-c5ccccc5)nc(-c5ccccc5)n4)c3c2)c(C)c1. The molecule has 0 radical (unpaired) electrons. The monoisotopic (exact) mass is 736 g/mol. The number of nitrogens with zero attached hydrogens (tertiary/aromatic N) is 4. The van der Waals surface area contributed by atoms with E-state index in [9.17, 15) is 13.2 Å². The zero-order valence-electron chi connectivity index (χ0n) is 30.9. The van der Waals surface area contributed by atoms with Gasteiger partial charge in [0.05, 0.1) is 22.3 Å².